The van der Waals surface area contributed by atoms with Crippen LogP contribution in [0.1, 0.15) is 12.8 Å². The van der Waals surface area contributed by atoms with Crippen LogP contribution < -0.4 is 4.90 Å². The largest absolute Gasteiger partial charge is 0.396 e. The molecule has 4 heteroatoms. The van der Waals surface area contributed by atoms with E-state index in [1.54, 1.807) is 18.2 Å². The fourth-order valence-electron chi connectivity index (χ4n) is 1.26. The Bertz CT molecular complexity index is 341. The molecule has 0 heterocycles. The molecule has 0 saturated carbocycles. The second-order valence-corrected chi connectivity index (χ2v) is 3.23. The van der Waals surface area contributed by atoms with Crippen LogP contribution in [0.5, 0.6) is 0 Å². The standard InChI is InChI=1S/C11H14FNO2/c1-13(11(15)7-4-8-14)10-6-3-2-5-9(10)12/h2-3,5-6,14H,4,7-8H2,1H3. The van der Waals surface area contributed by atoms with Crippen LogP contribution in [-0.2, 0) is 4.79 Å². The Morgan fingerprint density at radius 3 is 2.73 bits per heavy atom. The monoisotopic (exact) mass is 211 g/mol. The van der Waals surface area contributed by atoms with Gasteiger partial charge in [-0.2, -0.15) is 0 Å². The van der Waals surface area contributed by atoms with Crippen molar-refractivity contribution >= 4 is 11.6 Å². The van der Waals surface area contributed by atoms with Crippen LogP contribution in [0.15, 0.2) is 24.3 Å². The Hall–Kier alpha value is -1.42. The highest BCUT2D eigenvalue weighted by Gasteiger charge is 2.13. The Labute approximate surface area is 88.1 Å². The van der Waals surface area contributed by atoms with Crippen LogP contribution in [0, 0.1) is 5.82 Å². The van der Waals surface area contributed by atoms with E-state index in [-0.39, 0.29) is 24.6 Å². The normalized spacial score (nSPS) is 10.1. The second-order valence-electron chi connectivity index (χ2n) is 3.23. The SMILES string of the molecule is CN(C(=O)CCCO)c1ccccc1F. The zero-order chi connectivity index (χ0) is 11.3. The maximum absolute atomic E-state index is 13.3. The number of amides is 1. The van der Waals surface area contributed by atoms with Gasteiger partial charge < -0.3 is 10.0 Å². The second kappa shape index (κ2) is 5.46. The lowest BCUT2D eigenvalue weighted by atomic mass is 10.2. The molecule has 1 amide bonds. The van der Waals surface area contributed by atoms with E-state index in [1.807, 2.05) is 0 Å². The van der Waals surface area contributed by atoms with Gasteiger partial charge in [0.25, 0.3) is 0 Å². The van der Waals surface area contributed by atoms with Gasteiger partial charge in [0.2, 0.25) is 5.91 Å². The lowest BCUT2D eigenvalue weighted by Crippen LogP contribution is -2.26. The molecular weight excluding hydrogens is 197 g/mol. The van der Waals surface area contributed by atoms with Crippen LogP contribution >= 0.6 is 0 Å². The van der Waals surface area contributed by atoms with Crippen LogP contribution in [0.4, 0.5) is 10.1 Å². The first kappa shape index (κ1) is 11.7. The van der Waals surface area contributed by atoms with Crippen LogP contribution in [-0.4, -0.2) is 24.7 Å². The van der Waals surface area contributed by atoms with Gasteiger partial charge in [-0.05, 0) is 18.6 Å². The van der Waals surface area contributed by atoms with Gasteiger partial charge in [-0.1, -0.05) is 12.1 Å². The van der Waals surface area contributed by atoms with E-state index in [2.05, 4.69) is 0 Å². The third-order valence-corrected chi connectivity index (χ3v) is 2.14. The molecule has 0 aromatic heterocycles. The van der Waals surface area contributed by atoms with Gasteiger partial charge >= 0.3 is 0 Å². The van der Waals surface area contributed by atoms with Gasteiger partial charge in [-0.15, -0.1) is 0 Å². The number of benzene rings is 1. The average Bonchev–Trinajstić information content (AvgIpc) is 2.25. The fourth-order valence-corrected chi connectivity index (χ4v) is 1.26. The summed E-state index contributed by atoms with van der Waals surface area (Å²) in [5.41, 5.74) is 0.264. The number of aliphatic hydroxyl groups excluding tert-OH is 1. The summed E-state index contributed by atoms with van der Waals surface area (Å²) in [6.07, 6.45) is 0.624. The van der Waals surface area contributed by atoms with Crippen molar-refractivity contribution in [1.29, 1.82) is 0 Å². The molecule has 1 N–H and O–H groups in total. The molecule has 1 rings (SSSR count). The molecule has 0 aliphatic carbocycles. The summed E-state index contributed by atoms with van der Waals surface area (Å²) in [5.74, 6) is -0.619. The molecule has 15 heavy (non-hydrogen) atoms. The first-order valence-electron chi connectivity index (χ1n) is 4.78. The summed E-state index contributed by atoms with van der Waals surface area (Å²) >= 11 is 0. The molecule has 1 aromatic rings. The van der Waals surface area contributed by atoms with E-state index in [1.165, 1.54) is 18.0 Å². The van der Waals surface area contributed by atoms with Gasteiger partial charge in [-0.25, -0.2) is 4.39 Å². The van der Waals surface area contributed by atoms with Crippen molar-refractivity contribution in [1.82, 2.24) is 0 Å². The fraction of sp³-hybridized carbons (Fsp3) is 0.364. The number of aliphatic hydroxyl groups is 1. The van der Waals surface area contributed by atoms with Crippen molar-refractivity contribution in [2.24, 2.45) is 0 Å². The highest BCUT2D eigenvalue weighted by atomic mass is 19.1. The highest BCUT2D eigenvalue weighted by Crippen LogP contribution is 2.17. The summed E-state index contributed by atoms with van der Waals surface area (Å²) in [7, 11) is 1.53. The molecule has 82 valence electrons. The zero-order valence-corrected chi connectivity index (χ0v) is 8.61. The number of carbonyl (C=O) groups excluding carboxylic acids is 1. The molecule has 0 spiro atoms. The van der Waals surface area contributed by atoms with Crippen LogP contribution in [0.3, 0.4) is 0 Å². The third-order valence-electron chi connectivity index (χ3n) is 2.14. The number of hydrogen-bond acceptors (Lipinski definition) is 2. The molecular formula is C11H14FNO2. The van der Waals surface area contributed by atoms with Crippen LogP contribution in [0.2, 0.25) is 0 Å². The van der Waals surface area contributed by atoms with Crippen LogP contribution in [0.25, 0.3) is 0 Å². The molecule has 0 aliphatic heterocycles. The summed E-state index contributed by atoms with van der Waals surface area (Å²) in [6, 6.07) is 6.11. The van der Waals surface area contributed by atoms with E-state index < -0.39 is 5.82 Å². The Balaban J connectivity index is 2.72. The number of para-hydroxylation sites is 1. The zero-order valence-electron chi connectivity index (χ0n) is 8.61. The number of anilines is 1. The van der Waals surface area contributed by atoms with E-state index in [9.17, 15) is 9.18 Å². The smallest absolute Gasteiger partial charge is 0.226 e. The van der Waals surface area contributed by atoms with Crippen molar-refractivity contribution in [3.05, 3.63) is 30.1 Å². The number of hydrogen-bond donors (Lipinski definition) is 1. The molecule has 0 aliphatic rings. The topological polar surface area (TPSA) is 40.5 Å². The van der Waals surface area contributed by atoms with Gasteiger partial charge in [-0.3, -0.25) is 4.79 Å². The number of nitrogens with zero attached hydrogens (tertiary/aromatic N) is 1. The van der Waals surface area contributed by atoms with Crippen molar-refractivity contribution in [2.75, 3.05) is 18.6 Å². The number of halogens is 1. The molecule has 0 unspecified atom stereocenters. The number of carbonyl (C=O) groups is 1. The van der Waals surface area contributed by atoms with E-state index in [0.717, 1.165) is 0 Å². The first-order chi connectivity index (χ1) is 7.16. The summed E-state index contributed by atoms with van der Waals surface area (Å²) < 4.78 is 13.3. The molecule has 0 bridgehead atoms. The third kappa shape index (κ3) is 3.02. The molecule has 0 radical (unpaired) electrons. The quantitative estimate of drug-likeness (QED) is 0.821. The lowest BCUT2D eigenvalue weighted by molar-refractivity contribution is -0.118. The first-order valence-corrected chi connectivity index (χ1v) is 4.78. The van der Waals surface area contributed by atoms with Gasteiger partial charge in [0.15, 0.2) is 0 Å². The Morgan fingerprint density at radius 2 is 2.13 bits per heavy atom. The van der Waals surface area contributed by atoms with Crippen molar-refractivity contribution in [3.63, 3.8) is 0 Å². The average molecular weight is 211 g/mol. The molecule has 0 atom stereocenters. The minimum absolute atomic E-state index is 0.0309. The van der Waals surface area contributed by atoms with Gasteiger partial charge in [0.05, 0.1) is 5.69 Å². The lowest BCUT2D eigenvalue weighted by Gasteiger charge is -2.17. The molecule has 3 nitrogen and oxygen atoms in total. The predicted molar refractivity (Wildman–Crippen MR) is 56.1 cm³/mol. The van der Waals surface area contributed by atoms with Crippen molar-refractivity contribution < 1.29 is 14.3 Å². The van der Waals surface area contributed by atoms with Gasteiger partial charge in [0.1, 0.15) is 5.82 Å². The Morgan fingerprint density at radius 1 is 1.47 bits per heavy atom. The van der Waals surface area contributed by atoms with E-state index in [0.29, 0.717) is 6.42 Å². The summed E-state index contributed by atoms with van der Waals surface area (Å²) in [5, 5.41) is 8.58. The predicted octanol–water partition coefficient (Wildman–Crippen LogP) is 1.56. The Kier molecular flexibility index (Phi) is 4.24. The highest BCUT2D eigenvalue weighted by molar-refractivity contribution is 5.92. The minimum atomic E-state index is -0.419. The number of rotatable bonds is 4. The van der Waals surface area contributed by atoms with E-state index >= 15 is 0 Å². The maximum atomic E-state index is 13.3. The van der Waals surface area contributed by atoms with Gasteiger partial charge in [0, 0.05) is 20.1 Å². The molecule has 1 aromatic carbocycles. The minimum Gasteiger partial charge on any atom is -0.396 e. The van der Waals surface area contributed by atoms with Crippen molar-refractivity contribution in [3.8, 4) is 0 Å². The van der Waals surface area contributed by atoms with Crippen molar-refractivity contribution in [2.45, 2.75) is 12.8 Å². The summed E-state index contributed by atoms with van der Waals surface area (Å²) in [6.45, 7) is -0.0309. The molecule has 0 saturated heterocycles. The van der Waals surface area contributed by atoms with E-state index in [4.69, 9.17) is 5.11 Å². The summed E-state index contributed by atoms with van der Waals surface area (Å²) in [4.78, 5) is 12.8. The maximum Gasteiger partial charge on any atom is 0.226 e. The molecule has 0 fully saturated rings.